The first-order valence-corrected chi connectivity index (χ1v) is 4.36. The average molecular weight is 192 g/mol. The molecule has 0 radical (unpaired) electrons. The molecule has 0 bridgehead atoms. The first-order valence-electron chi connectivity index (χ1n) is 3.98. The highest BCUT2D eigenvalue weighted by molar-refractivity contribution is 6.33. The summed E-state index contributed by atoms with van der Waals surface area (Å²) in [5.41, 5.74) is 3.34. The normalized spacial score (nSPS) is 11.1. The summed E-state index contributed by atoms with van der Waals surface area (Å²) in [5, 5.41) is 8.71. The van der Waals surface area contributed by atoms with E-state index in [1.54, 1.807) is 6.08 Å². The summed E-state index contributed by atoms with van der Waals surface area (Å²) < 4.78 is 0. The van der Waals surface area contributed by atoms with Gasteiger partial charge in [0.15, 0.2) is 0 Å². The fourth-order valence-electron chi connectivity index (χ4n) is 1.16. The summed E-state index contributed by atoms with van der Waals surface area (Å²) in [5.74, 6) is 0. The van der Waals surface area contributed by atoms with Gasteiger partial charge in [0.1, 0.15) is 11.1 Å². The summed E-state index contributed by atoms with van der Waals surface area (Å²) in [7, 11) is 0. The standard InChI is InChI=1S/C11H10ClN/c1-8-3-4-10(9(2)5-8)6-11(12)7-13/h3-6H,1-2H3/b11-6-. The van der Waals surface area contributed by atoms with Crippen LogP contribution in [0.3, 0.4) is 0 Å². The second-order valence-electron chi connectivity index (χ2n) is 2.96. The van der Waals surface area contributed by atoms with Gasteiger partial charge >= 0.3 is 0 Å². The van der Waals surface area contributed by atoms with Gasteiger partial charge in [0.25, 0.3) is 0 Å². The quantitative estimate of drug-likeness (QED) is 0.625. The molecule has 0 aliphatic carbocycles. The molecular formula is C11H10ClN. The Hall–Kier alpha value is -1.26. The number of hydrogen-bond donors (Lipinski definition) is 0. The number of aryl methyl sites for hydroxylation is 2. The Morgan fingerprint density at radius 1 is 1.46 bits per heavy atom. The molecule has 0 unspecified atom stereocenters. The van der Waals surface area contributed by atoms with E-state index in [4.69, 9.17) is 16.9 Å². The molecule has 13 heavy (non-hydrogen) atoms. The zero-order valence-corrected chi connectivity index (χ0v) is 8.39. The van der Waals surface area contributed by atoms with Crippen LogP contribution in [0.2, 0.25) is 0 Å². The van der Waals surface area contributed by atoms with Crippen LogP contribution in [0.5, 0.6) is 0 Å². The minimum atomic E-state index is 0.215. The number of nitriles is 1. The summed E-state index contributed by atoms with van der Waals surface area (Å²) in [6, 6.07) is 7.91. The molecule has 0 fully saturated rings. The van der Waals surface area contributed by atoms with E-state index in [9.17, 15) is 0 Å². The second-order valence-corrected chi connectivity index (χ2v) is 3.37. The van der Waals surface area contributed by atoms with Crippen molar-refractivity contribution >= 4 is 17.7 Å². The van der Waals surface area contributed by atoms with Crippen molar-refractivity contribution in [1.29, 1.82) is 5.26 Å². The summed E-state index contributed by atoms with van der Waals surface area (Å²) in [4.78, 5) is 0. The maximum absolute atomic E-state index is 8.49. The van der Waals surface area contributed by atoms with Crippen LogP contribution in [0.4, 0.5) is 0 Å². The minimum Gasteiger partial charge on any atom is -0.191 e. The number of hydrogen-bond acceptors (Lipinski definition) is 1. The van der Waals surface area contributed by atoms with Crippen LogP contribution in [-0.2, 0) is 0 Å². The molecule has 0 aliphatic heterocycles. The van der Waals surface area contributed by atoms with Gasteiger partial charge in [-0.05, 0) is 31.1 Å². The first-order chi connectivity index (χ1) is 6.13. The highest BCUT2D eigenvalue weighted by Gasteiger charge is 1.96. The maximum atomic E-state index is 8.49. The highest BCUT2D eigenvalue weighted by atomic mass is 35.5. The molecule has 1 nitrogen and oxygen atoms in total. The molecule has 1 aromatic carbocycles. The monoisotopic (exact) mass is 191 g/mol. The molecule has 0 saturated carbocycles. The highest BCUT2D eigenvalue weighted by Crippen LogP contribution is 2.15. The third kappa shape index (κ3) is 2.61. The van der Waals surface area contributed by atoms with Crippen molar-refractivity contribution in [3.8, 4) is 6.07 Å². The van der Waals surface area contributed by atoms with Crippen LogP contribution >= 0.6 is 11.6 Å². The smallest absolute Gasteiger partial charge is 0.118 e. The average Bonchev–Trinajstić information content (AvgIpc) is 2.09. The Bertz CT molecular complexity index is 386. The number of allylic oxidation sites excluding steroid dienone is 1. The number of nitrogens with zero attached hydrogens (tertiary/aromatic N) is 1. The van der Waals surface area contributed by atoms with E-state index in [0.29, 0.717) is 0 Å². The van der Waals surface area contributed by atoms with Gasteiger partial charge in [0, 0.05) is 0 Å². The second kappa shape index (κ2) is 4.11. The molecule has 1 aromatic rings. The van der Waals surface area contributed by atoms with Crippen LogP contribution in [0.25, 0.3) is 6.08 Å². The van der Waals surface area contributed by atoms with Crippen molar-refractivity contribution in [2.24, 2.45) is 0 Å². The van der Waals surface area contributed by atoms with Crippen molar-refractivity contribution in [1.82, 2.24) is 0 Å². The van der Waals surface area contributed by atoms with E-state index in [-0.39, 0.29) is 5.03 Å². The number of rotatable bonds is 1. The van der Waals surface area contributed by atoms with E-state index in [2.05, 4.69) is 6.07 Å². The van der Waals surface area contributed by atoms with Crippen molar-refractivity contribution in [2.75, 3.05) is 0 Å². The van der Waals surface area contributed by atoms with Gasteiger partial charge in [-0.2, -0.15) is 5.26 Å². The lowest BCUT2D eigenvalue weighted by Gasteiger charge is -2.00. The fourth-order valence-corrected chi connectivity index (χ4v) is 1.27. The largest absolute Gasteiger partial charge is 0.191 e. The molecule has 0 aliphatic rings. The van der Waals surface area contributed by atoms with E-state index < -0.39 is 0 Å². The van der Waals surface area contributed by atoms with E-state index >= 15 is 0 Å². The summed E-state index contributed by atoms with van der Waals surface area (Å²) >= 11 is 5.61. The first kappa shape index (κ1) is 9.83. The molecular weight excluding hydrogens is 182 g/mol. The summed E-state index contributed by atoms with van der Waals surface area (Å²) in [6.07, 6.45) is 1.68. The van der Waals surface area contributed by atoms with Gasteiger partial charge in [-0.3, -0.25) is 0 Å². The molecule has 0 N–H and O–H groups in total. The maximum Gasteiger partial charge on any atom is 0.118 e. The van der Waals surface area contributed by atoms with Gasteiger partial charge in [0.2, 0.25) is 0 Å². The van der Waals surface area contributed by atoms with Crippen molar-refractivity contribution in [3.63, 3.8) is 0 Å². The van der Waals surface area contributed by atoms with Crippen LogP contribution in [0, 0.1) is 25.2 Å². The zero-order chi connectivity index (χ0) is 9.84. The lowest BCUT2D eigenvalue weighted by atomic mass is 10.1. The Morgan fingerprint density at radius 2 is 2.15 bits per heavy atom. The van der Waals surface area contributed by atoms with Gasteiger partial charge < -0.3 is 0 Å². The Morgan fingerprint density at radius 3 is 2.69 bits per heavy atom. The predicted octanol–water partition coefficient (Wildman–Crippen LogP) is 3.41. The molecule has 0 spiro atoms. The van der Waals surface area contributed by atoms with E-state index in [1.165, 1.54) is 5.56 Å². The van der Waals surface area contributed by atoms with Gasteiger partial charge in [-0.1, -0.05) is 35.4 Å². The predicted molar refractivity (Wildman–Crippen MR) is 55.4 cm³/mol. The molecule has 0 amide bonds. The van der Waals surface area contributed by atoms with Gasteiger partial charge in [-0.25, -0.2) is 0 Å². The van der Waals surface area contributed by atoms with Crippen LogP contribution in [-0.4, -0.2) is 0 Å². The molecule has 0 saturated heterocycles. The van der Waals surface area contributed by atoms with Crippen molar-refractivity contribution in [2.45, 2.75) is 13.8 Å². The molecule has 66 valence electrons. The Balaban J connectivity index is 3.12. The van der Waals surface area contributed by atoms with Crippen LogP contribution in [0.15, 0.2) is 23.2 Å². The lowest BCUT2D eigenvalue weighted by molar-refractivity contribution is 1.37. The summed E-state index contributed by atoms with van der Waals surface area (Å²) in [6.45, 7) is 4.03. The molecule has 0 atom stereocenters. The Labute approximate surface area is 83.3 Å². The molecule has 0 heterocycles. The molecule has 1 rings (SSSR count). The topological polar surface area (TPSA) is 23.8 Å². The van der Waals surface area contributed by atoms with Crippen molar-refractivity contribution in [3.05, 3.63) is 39.9 Å². The van der Waals surface area contributed by atoms with E-state index in [1.807, 2.05) is 32.0 Å². The number of halogens is 1. The third-order valence-corrected chi connectivity index (χ3v) is 2.01. The molecule has 0 aromatic heterocycles. The van der Waals surface area contributed by atoms with E-state index in [0.717, 1.165) is 11.1 Å². The zero-order valence-electron chi connectivity index (χ0n) is 7.63. The fraction of sp³-hybridized carbons (Fsp3) is 0.182. The minimum absolute atomic E-state index is 0.215. The molecule has 2 heteroatoms. The Kier molecular flexibility index (Phi) is 3.11. The van der Waals surface area contributed by atoms with Crippen LogP contribution in [0.1, 0.15) is 16.7 Å². The van der Waals surface area contributed by atoms with Crippen LogP contribution < -0.4 is 0 Å². The van der Waals surface area contributed by atoms with Gasteiger partial charge in [-0.15, -0.1) is 0 Å². The van der Waals surface area contributed by atoms with Crippen molar-refractivity contribution < 1.29 is 0 Å². The third-order valence-electron chi connectivity index (χ3n) is 1.81. The lowest BCUT2D eigenvalue weighted by Crippen LogP contribution is -1.82. The number of benzene rings is 1. The van der Waals surface area contributed by atoms with Gasteiger partial charge in [0.05, 0.1) is 0 Å². The SMILES string of the molecule is Cc1ccc(/C=C(\Cl)C#N)c(C)c1.